The fourth-order valence-corrected chi connectivity index (χ4v) is 3.41. The summed E-state index contributed by atoms with van der Waals surface area (Å²) in [5.74, 6) is 1.34. The molecular formula is C14H17N3O3S. The topological polar surface area (TPSA) is 85.1 Å². The molecule has 0 spiro atoms. The third-order valence-corrected chi connectivity index (χ3v) is 4.95. The van der Waals surface area contributed by atoms with E-state index in [4.69, 9.17) is 4.52 Å². The van der Waals surface area contributed by atoms with Gasteiger partial charge in [0.15, 0.2) is 5.82 Å². The number of nitrogens with zero attached hydrogens (tertiary/aromatic N) is 2. The standard InChI is InChI=1S/C14H17N3O3S/c1-9(2)13-15-14(20-16-13)11-8-12(11)17-21(18,19)10-6-4-3-5-7-10/h3-7,9,11-12,17H,8H2,1-2H3/t11-,12-/m1/s1. The Morgan fingerprint density at radius 1 is 1.29 bits per heavy atom. The van der Waals surface area contributed by atoms with E-state index in [1.54, 1.807) is 30.3 Å². The molecule has 0 aliphatic heterocycles. The molecule has 0 radical (unpaired) electrons. The summed E-state index contributed by atoms with van der Waals surface area (Å²) in [6, 6.07) is 8.16. The lowest BCUT2D eigenvalue weighted by Crippen LogP contribution is -2.26. The number of sulfonamides is 1. The van der Waals surface area contributed by atoms with E-state index in [1.807, 2.05) is 13.8 Å². The molecule has 0 bridgehead atoms. The number of hydrogen-bond acceptors (Lipinski definition) is 5. The Bertz CT molecular complexity index is 725. The first-order chi connectivity index (χ1) is 9.97. The number of benzene rings is 1. The van der Waals surface area contributed by atoms with Crippen LogP contribution >= 0.6 is 0 Å². The van der Waals surface area contributed by atoms with Gasteiger partial charge in [0.2, 0.25) is 15.9 Å². The van der Waals surface area contributed by atoms with E-state index in [-0.39, 0.29) is 22.8 Å². The average molecular weight is 307 g/mol. The Hall–Kier alpha value is -1.73. The lowest BCUT2D eigenvalue weighted by molar-refractivity contribution is 0.370. The average Bonchev–Trinajstić information content (AvgIpc) is 3.02. The highest BCUT2D eigenvalue weighted by molar-refractivity contribution is 7.89. The highest BCUT2D eigenvalue weighted by Gasteiger charge is 2.45. The molecule has 0 amide bonds. The summed E-state index contributed by atoms with van der Waals surface area (Å²) in [5.41, 5.74) is 0. The van der Waals surface area contributed by atoms with Crippen LogP contribution in [0.25, 0.3) is 0 Å². The molecule has 0 saturated heterocycles. The van der Waals surface area contributed by atoms with Crippen LogP contribution < -0.4 is 4.72 Å². The van der Waals surface area contributed by atoms with Crippen molar-refractivity contribution in [3.05, 3.63) is 42.0 Å². The van der Waals surface area contributed by atoms with E-state index >= 15 is 0 Å². The van der Waals surface area contributed by atoms with Crippen molar-refractivity contribution in [1.82, 2.24) is 14.9 Å². The van der Waals surface area contributed by atoms with Gasteiger partial charge in [-0.05, 0) is 18.6 Å². The van der Waals surface area contributed by atoms with Crippen LogP contribution in [-0.2, 0) is 10.0 Å². The largest absolute Gasteiger partial charge is 0.339 e. The monoisotopic (exact) mass is 307 g/mol. The van der Waals surface area contributed by atoms with Crippen molar-refractivity contribution in [3.8, 4) is 0 Å². The van der Waals surface area contributed by atoms with Crippen molar-refractivity contribution >= 4 is 10.0 Å². The van der Waals surface area contributed by atoms with Crippen LogP contribution in [-0.4, -0.2) is 24.6 Å². The van der Waals surface area contributed by atoms with Crippen molar-refractivity contribution in [1.29, 1.82) is 0 Å². The van der Waals surface area contributed by atoms with Gasteiger partial charge in [-0.25, -0.2) is 13.1 Å². The SMILES string of the molecule is CC(C)c1noc([C@@H]2C[C@H]2NS(=O)(=O)c2ccccc2)n1. The molecule has 6 nitrogen and oxygen atoms in total. The minimum atomic E-state index is -3.49. The molecule has 1 N–H and O–H groups in total. The zero-order chi connectivity index (χ0) is 15.0. The summed E-state index contributed by atoms with van der Waals surface area (Å²) in [6.45, 7) is 3.97. The van der Waals surface area contributed by atoms with Crippen LogP contribution in [0.5, 0.6) is 0 Å². The van der Waals surface area contributed by atoms with Gasteiger partial charge in [-0.2, -0.15) is 4.98 Å². The molecule has 1 aliphatic rings. The van der Waals surface area contributed by atoms with Crippen LogP contribution in [0.4, 0.5) is 0 Å². The molecule has 0 unspecified atom stereocenters. The number of hydrogen-bond donors (Lipinski definition) is 1. The van der Waals surface area contributed by atoms with E-state index in [9.17, 15) is 8.42 Å². The summed E-state index contributed by atoms with van der Waals surface area (Å²) < 4.78 is 32.3. The lowest BCUT2D eigenvalue weighted by Gasteiger charge is -2.05. The third kappa shape index (κ3) is 2.98. The molecule has 2 aromatic rings. The Morgan fingerprint density at radius 3 is 2.62 bits per heavy atom. The summed E-state index contributed by atoms with van der Waals surface area (Å²) in [7, 11) is -3.49. The van der Waals surface area contributed by atoms with Crippen LogP contribution in [0.1, 0.15) is 43.8 Å². The normalized spacial score (nSPS) is 21.7. The first kappa shape index (κ1) is 14.2. The number of aromatic nitrogens is 2. The second-order valence-electron chi connectivity index (χ2n) is 5.53. The first-order valence-electron chi connectivity index (χ1n) is 6.88. The summed E-state index contributed by atoms with van der Waals surface area (Å²) in [5, 5.41) is 3.90. The minimum absolute atomic E-state index is 0.0245. The highest BCUT2D eigenvalue weighted by atomic mass is 32.2. The molecular weight excluding hydrogens is 290 g/mol. The van der Waals surface area contributed by atoms with Gasteiger partial charge in [0.05, 0.1) is 10.8 Å². The van der Waals surface area contributed by atoms with Gasteiger partial charge in [-0.15, -0.1) is 0 Å². The molecule has 112 valence electrons. The predicted molar refractivity (Wildman–Crippen MR) is 76.3 cm³/mol. The van der Waals surface area contributed by atoms with Crippen LogP contribution in [0, 0.1) is 0 Å². The smallest absolute Gasteiger partial charge is 0.240 e. The van der Waals surface area contributed by atoms with Crippen molar-refractivity contribution < 1.29 is 12.9 Å². The van der Waals surface area contributed by atoms with Crippen molar-refractivity contribution in [2.24, 2.45) is 0 Å². The van der Waals surface area contributed by atoms with E-state index < -0.39 is 10.0 Å². The van der Waals surface area contributed by atoms with Crippen molar-refractivity contribution in [2.45, 2.75) is 43.0 Å². The Kier molecular flexibility index (Phi) is 3.54. The van der Waals surface area contributed by atoms with E-state index in [1.165, 1.54) is 0 Å². The van der Waals surface area contributed by atoms with Gasteiger partial charge in [-0.3, -0.25) is 0 Å². The van der Waals surface area contributed by atoms with Crippen molar-refractivity contribution in [2.75, 3.05) is 0 Å². The quantitative estimate of drug-likeness (QED) is 0.913. The summed E-state index contributed by atoms with van der Waals surface area (Å²) in [6.07, 6.45) is 0.686. The van der Waals surface area contributed by atoms with E-state index in [0.29, 0.717) is 18.1 Å². The zero-order valence-corrected chi connectivity index (χ0v) is 12.7. The maximum absolute atomic E-state index is 12.2. The summed E-state index contributed by atoms with van der Waals surface area (Å²) in [4.78, 5) is 4.58. The third-order valence-electron chi connectivity index (χ3n) is 3.44. The van der Waals surface area contributed by atoms with Crippen LogP contribution in [0.15, 0.2) is 39.8 Å². The molecule has 1 aromatic heterocycles. The Morgan fingerprint density at radius 2 is 2.00 bits per heavy atom. The molecule has 3 rings (SSSR count). The number of nitrogens with one attached hydrogen (secondary N) is 1. The first-order valence-corrected chi connectivity index (χ1v) is 8.36. The van der Waals surface area contributed by atoms with Gasteiger partial charge in [0, 0.05) is 12.0 Å². The molecule has 7 heteroatoms. The predicted octanol–water partition coefficient (Wildman–Crippen LogP) is 2.03. The van der Waals surface area contributed by atoms with E-state index in [0.717, 1.165) is 0 Å². The second kappa shape index (κ2) is 5.23. The van der Waals surface area contributed by atoms with E-state index in [2.05, 4.69) is 14.9 Å². The van der Waals surface area contributed by atoms with Gasteiger partial charge >= 0.3 is 0 Å². The zero-order valence-electron chi connectivity index (χ0n) is 11.9. The molecule has 1 aromatic carbocycles. The molecule has 1 aliphatic carbocycles. The van der Waals surface area contributed by atoms with Crippen molar-refractivity contribution in [3.63, 3.8) is 0 Å². The van der Waals surface area contributed by atoms with Gasteiger partial charge < -0.3 is 4.52 Å². The Labute approximate surface area is 123 Å². The van der Waals surface area contributed by atoms with Gasteiger partial charge in [-0.1, -0.05) is 37.2 Å². The number of rotatable bonds is 5. The summed E-state index contributed by atoms with van der Waals surface area (Å²) >= 11 is 0. The fraction of sp³-hybridized carbons (Fsp3) is 0.429. The van der Waals surface area contributed by atoms with Crippen LogP contribution in [0.2, 0.25) is 0 Å². The van der Waals surface area contributed by atoms with Gasteiger partial charge in [0.25, 0.3) is 0 Å². The fourth-order valence-electron chi connectivity index (χ4n) is 2.10. The lowest BCUT2D eigenvalue weighted by atomic mass is 10.2. The van der Waals surface area contributed by atoms with Gasteiger partial charge in [0.1, 0.15) is 0 Å². The Balaban J connectivity index is 1.68. The molecule has 1 fully saturated rings. The molecule has 1 heterocycles. The minimum Gasteiger partial charge on any atom is -0.339 e. The van der Waals surface area contributed by atoms with Crippen LogP contribution in [0.3, 0.4) is 0 Å². The maximum atomic E-state index is 12.2. The second-order valence-corrected chi connectivity index (χ2v) is 7.24. The molecule has 21 heavy (non-hydrogen) atoms. The highest BCUT2D eigenvalue weighted by Crippen LogP contribution is 2.41. The molecule has 1 saturated carbocycles. The molecule has 2 atom stereocenters. The maximum Gasteiger partial charge on any atom is 0.240 e.